The van der Waals surface area contributed by atoms with Crippen molar-refractivity contribution in [3.8, 4) is 5.75 Å². The number of hydrogen-bond donors (Lipinski definition) is 0. The van der Waals surface area contributed by atoms with Gasteiger partial charge >= 0.3 is 0 Å². The molecular weight excluding hydrogens is 307 g/mol. The van der Waals surface area contributed by atoms with Gasteiger partial charge in [-0.25, -0.2) is 4.39 Å². The summed E-state index contributed by atoms with van der Waals surface area (Å²) in [5, 5.41) is 11.1. The molecule has 0 amide bonds. The fourth-order valence-corrected chi connectivity index (χ4v) is 6.05. The van der Waals surface area contributed by atoms with E-state index in [-0.39, 0.29) is 22.8 Å². The zero-order valence-corrected chi connectivity index (χ0v) is 14.3. The Bertz CT molecular complexity index is 639. The van der Waals surface area contributed by atoms with E-state index in [9.17, 15) is 14.3 Å². The third kappa shape index (κ3) is 2.26. The van der Waals surface area contributed by atoms with E-state index in [4.69, 9.17) is 4.74 Å². The lowest BCUT2D eigenvalue weighted by Gasteiger charge is -2.62. The van der Waals surface area contributed by atoms with E-state index in [1.165, 1.54) is 24.6 Å². The molecule has 130 valence electrons. The van der Waals surface area contributed by atoms with Gasteiger partial charge < -0.3 is 14.6 Å². The highest BCUT2D eigenvalue weighted by molar-refractivity contribution is 5.86. The summed E-state index contributed by atoms with van der Waals surface area (Å²) >= 11 is 0. The predicted octanol–water partition coefficient (Wildman–Crippen LogP) is 3.42. The lowest BCUT2D eigenvalue weighted by atomic mass is 9.47. The highest BCUT2D eigenvalue weighted by Crippen LogP contribution is 2.61. The van der Waals surface area contributed by atoms with Crippen LogP contribution in [0.2, 0.25) is 0 Å². The van der Waals surface area contributed by atoms with Crippen LogP contribution in [0, 0.1) is 35.4 Å². The molecule has 0 aliphatic heterocycles. The largest absolute Gasteiger partial charge is 0.545 e. The van der Waals surface area contributed by atoms with E-state index in [1.807, 2.05) is 0 Å². The van der Waals surface area contributed by atoms with Crippen LogP contribution in [0.15, 0.2) is 18.2 Å². The Labute approximate surface area is 142 Å². The van der Waals surface area contributed by atoms with Crippen molar-refractivity contribution in [1.82, 2.24) is 0 Å². The maximum absolute atomic E-state index is 14.3. The van der Waals surface area contributed by atoms with Crippen LogP contribution in [-0.4, -0.2) is 11.6 Å². The van der Waals surface area contributed by atoms with Gasteiger partial charge in [0.2, 0.25) is 0 Å². The van der Waals surface area contributed by atoms with Crippen LogP contribution in [0.25, 0.3) is 0 Å². The molecule has 0 spiro atoms. The molecule has 4 saturated carbocycles. The molecule has 0 heterocycles. The third-order valence-corrected chi connectivity index (χ3v) is 6.77. The highest BCUT2D eigenvalue weighted by Gasteiger charge is 2.60. The lowest BCUT2D eigenvalue weighted by molar-refractivity contribution is -0.255. The minimum absolute atomic E-state index is 0.0332. The summed E-state index contributed by atoms with van der Waals surface area (Å²) in [4.78, 5) is 11.1. The molecule has 0 atom stereocenters. The molecule has 0 radical (unpaired) electrons. The summed E-state index contributed by atoms with van der Waals surface area (Å²) in [7, 11) is 0. The number of ether oxygens (including phenoxy) is 1. The first-order valence-corrected chi connectivity index (χ1v) is 9.10. The molecule has 0 unspecified atom stereocenters. The van der Waals surface area contributed by atoms with E-state index in [1.54, 1.807) is 0 Å². The van der Waals surface area contributed by atoms with E-state index in [0.29, 0.717) is 11.8 Å². The maximum atomic E-state index is 14.3. The Balaban J connectivity index is 1.73. The van der Waals surface area contributed by atoms with Gasteiger partial charge in [-0.15, -0.1) is 0 Å². The number of hydrogen-bond acceptors (Lipinski definition) is 3. The molecule has 1 aromatic carbocycles. The number of carbonyl (C=O) groups excluding carboxylic acids is 1. The van der Waals surface area contributed by atoms with Gasteiger partial charge in [-0.05, 0) is 79.9 Å². The number of benzene rings is 1. The Morgan fingerprint density at radius 3 is 2.25 bits per heavy atom. The van der Waals surface area contributed by atoms with Crippen LogP contribution in [0.4, 0.5) is 4.39 Å². The standard InChI is InChI=1S/C20H25FO3/c1-11(2)20(15-6-12-5-13(8-15)9-16(20)7-12)24-18-10-14(19(22)23)3-4-17(18)21/h3-4,10-13,15-16H,5-9H2,1-2H3,(H,22,23)/p-1. The number of rotatable bonds is 4. The van der Waals surface area contributed by atoms with Crippen molar-refractivity contribution in [2.75, 3.05) is 0 Å². The first-order valence-electron chi connectivity index (χ1n) is 9.10. The van der Waals surface area contributed by atoms with Crippen molar-refractivity contribution >= 4 is 5.97 Å². The van der Waals surface area contributed by atoms with Gasteiger partial charge in [0.15, 0.2) is 11.6 Å². The molecule has 0 saturated heterocycles. The fourth-order valence-electron chi connectivity index (χ4n) is 6.05. The molecule has 3 nitrogen and oxygen atoms in total. The molecule has 5 rings (SSSR count). The van der Waals surface area contributed by atoms with Crippen LogP contribution in [0.1, 0.15) is 56.3 Å². The summed E-state index contributed by atoms with van der Waals surface area (Å²) in [6.07, 6.45) is 5.98. The summed E-state index contributed by atoms with van der Waals surface area (Å²) < 4.78 is 20.7. The molecular formula is C20H24FO3-. The van der Waals surface area contributed by atoms with Crippen molar-refractivity contribution in [3.63, 3.8) is 0 Å². The fraction of sp³-hybridized carbons (Fsp3) is 0.650. The molecule has 4 aliphatic rings. The van der Waals surface area contributed by atoms with Gasteiger partial charge in [0, 0.05) is 5.56 Å². The first-order chi connectivity index (χ1) is 11.4. The van der Waals surface area contributed by atoms with E-state index >= 15 is 0 Å². The van der Waals surface area contributed by atoms with Gasteiger partial charge in [0.1, 0.15) is 5.60 Å². The SMILES string of the molecule is CC(C)C1(Oc2cc(C(=O)[O-])ccc2F)C2CC3CC(C2)CC1C3. The summed E-state index contributed by atoms with van der Waals surface area (Å²) in [6, 6.07) is 3.70. The minimum Gasteiger partial charge on any atom is -0.545 e. The first kappa shape index (κ1) is 15.9. The molecule has 4 aliphatic carbocycles. The molecule has 4 heteroatoms. The normalized spacial score (nSPS) is 37.0. The Morgan fingerprint density at radius 1 is 1.17 bits per heavy atom. The second-order valence-corrected chi connectivity index (χ2v) is 8.35. The number of carbonyl (C=O) groups is 1. The molecule has 1 aromatic rings. The Morgan fingerprint density at radius 2 is 1.75 bits per heavy atom. The van der Waals surface area contributed by atoms with Gasteiger partial charge in [-0.3, -0.25) is 0 Å². The van der Waals surface area contributed by atoms with Gasteiger partial charge in [-0.1, -0.05) is 13.8 Å². The van der Waals surface area contributed by atoms with E-state index in [0.717, 1.165) is 37.5 Å². The maximum Gasteiger partial charge on any atom is 0.165 e. The second-order valence-electron chi connectivity index (χ2n) is 8.35. The van der Waals surface area contributed by atoms with Crippen LogP contribution in [0.5, 0.6) is 5.75 Å². The van der Waals surface area contributed by atoms with Crippen molar-refractivity contribution < 1.29 is 19.0 Å². The number of halogens is 1. The minimum atomic E-state index is -1.30. The third-order valence-electron chi connectivity index (χ3n) is 6.77. The average molecular weight is 331 g/mol. The lowest BCUT2D eigenvalue weighted by Crippen LogP contribution is -2.63. The zero-order valence-electron chi connectivity index (χ0n) is 14.3. The van der Waals surface area contributed by atoms with Gasteiger partial charge in [0.25, 0.3) is 0 Å². The molecule has 24 heavy (non-hydrogen) atoms. The van der Waals surface area contributed by atoms with E-state index in [2.05, 4.69) is 13.8 Å². The van der Waals surface area contributed by atoms with Crippen LogP contribution < -0.4 is 9.84 Å². The van der Waals surface area contributed by atoms with Crippen molar-refractivity contribution in [3.05, 3.63) is 29.6 Å². The smallest absolute Gasteiger partial charge is 0.165 e. The Kier molecular flexibility index (Phi) is 3.63. The molecule has 0 N–H and O–H groups in total. The van der Waals surface area contributed by atoms with Gasteiger partial charge in [-0.2, -0.15) is 0 Å². The van der Waals surface area contributed by atoms with Crippen LogP contribution in [-0.2, 0) is 0 Å². The number of carboxylic acids is 1. The Hall–Kier alpha value is -1.58. The van der Waals surface area contributed by atoms with E-state index < -0.39 is 11.8 Å². The average Bonchev–Trinajstić information content (AvgIpc) is 2.51. The molecule has 0 aromatic heterocycles. The number of carboxylic acid groups (broad SMARTS) is 1. The zero-order chi connectivity index (χ0) is 17.1. The number of aromatic carboxylic acids is 1. The molecule has 4 fully saturated rings. The predicted molar refractivity (Wildman–Crippen MR) is 86.0 cm³/mol. The van der Waals surface area contributed by atoms with Crippen LogP contribution in [0.3, 0.4) is 0 Å². The highest BCUT2D eigenvalue weighted by atomic mass is 19.1. The van der Waals surface area contributed by atoms with Crippen molar-refractivity contribution in [2.24, 2.45) is 29.6 Å². The summed E-state index contributed by atoms with van der Waals surface area (Å²) in [5.74, 6) is 1.01. The van der Waals surface area contributed by atoms with Crippen molar-refractivity contribution in [2.45, 2.75) is 51.6 Å². The summed E-state index contributed by atoms with van der Waals surface area (Å²) in [6.45, 7) is 4.31. The topological polar surface area (TPSA) is 49.4 Å². The van der Waals surface area contributed by atoms with Crippen molar-refractivity contribution in [1.29, 1.82) is 0 Å². The summed E-state index contributed by atoms with van der Waals surface area (Å²) in [5.41, 5.74) is -0.409. The molecule has 4 bridgehead atoms. The van der Waals surface area contributed by atoms with Crippen LogP contribution >= 0.6 is 0 Å². The second kappa shape index (κ2) is 5.47. The quantitative estimate of drug-likeness (QED) is 0.849. The van der Waals surface area contributed by atoms with Gasteiger partial charge in [0.05, 0.1) is 5.97 Å². The monoisotopic (exact) mass is 331 g/mol.